The van der Waals surface area contributed by atoms with Crippen LogP contribution in [0.2, 0.25) is 0 Å². The molecule has 9 heteroatoms. The Morgan fingerprint density at radius 1 is 1.16 bits per heavy atom. The average molecular weight is 366 g/mol. The van der Waals surface area contributed by atoms with Crippen LogP contribution in [0.1, 0.15) is 35.0 Å². The van der Waals surface area contributed by atoms with Crippen molar-refractivity contribution in [2.75, 3.05) is 7.05 Å². The van der Waals surface area contributed by atoms with Gasteiger partial charge in [0.25, 0.3) is 15.9 Å². The van der Waals surface area contributed by atoms with Crippen molar-refractivity contribution in [2.45, 2.75) is 24.0 Å². The Bertz CT molecular complexity index is 845. The highest BCUT2D eigenvalue weighted by Gasteiger charge is 2.22. The number of hydrogen-bond acceptors (Lipinski definition) is 5. The number of furan rings is 1. The normalized spacial score (nSPS) is 12.5. The van der Waals surface area contributed by atoms with Gasteiger partial charge in [0.2, 0.25) is 5.09 Å². The monoisotopic (exact) mass is 366 g/mol. The van der Waals surface area contributed by atoms with Gasteiger partial charge < -0.3 is 14.8 Å². The number of carboxylic acid groups (broad SMARTS) is 1. The van der Waals surface area contributed by atoms with E-state index >= 15 is 0 Å². The van der Waals surface area contributed by atoms with Crippen LogP contribution in [0, 0.1) is 0 Å². The first kappa shape index (κ1) is 18.7. The van der Waals surface area contributed by atoms with Gasteiger partial charge >= 0.3 is 5.97 Å². The first-order valence-electron chi connectivity index (χ1n) is 7.44. The Kier molecular flexibility index (Phi) is 5.94. The van der Waals surface area contributed by atoms with E-state index in [9.17, 15) is 18.0 Å². The third-order valence-corrected chi connectivity index (χ3v) is 4.78. The number of sulfonamides is 1. The number of amides is 1. The summed E-state index contributed by atoms with van der Waals surface area (Å²) in [5.74, 6) is -1.78. The van der Waals surface area contributed by atoms with Crippen LogP contribution in [-0.4, -0.2) is 32.4 Å². The zero-order valence-corrected chi connectivity index (χ0v) is 14.2. The number of benzene rings is 1. The molecule has 0 bridgehead atoms. The van der Waals surface area contributed by atoms with Gasteiger partial charge in [0.1, 0.15) is 0 Å². The zero-order chi connectivity index (χ0) is 18.4. The second-order valence-electron chi connectivity index (χ2n) is 5.20. The Balaban J connectivity index is 2.18. The molecule has 2 aromatic rings. The van der Waals surface area contributed by atoms with Crippen molar-refractivity contribution in [3.8, 4) is 0 Å². The van der Waals surface area contributed by atoms with E-state index in [0.717, 1.165) is 5.56 Å². The summed E-state index contributed by atoms with van der Waals surface area (Å²) in [5.41, 5.74) is 0.742. The average Bonchev–Trinajstić information content (AvgIpc) is 3.10. The van der Waals surface area contributed by atoms with Crippen LogP contribution < -0.4 is 10.0 Å². The summed E-state index contributed by atoms with van der Waals surface area (Å²) < 4.78 is 30.5. The fraction of sp³-hybridized carbons (Fsp3) is 0.250. The van der Waals surface area contributed by atoms with Crippen LogP contribution >= 0.6 is 0 Å². The molecule has 1 atom stereocenters. The number of nitrogens with one attached hydrogen (secondary N) is 2. The molecule has 0 radical (unpaired) electrons. The van der Waals surface area contributed by atoms with Crippen molar-refractivity contribution < 1.29 is 27.5 Å². The maximum Gasteiger partial charge on any atom is 0.303 e. The fourth-order valence-electron chi connectivity index (χ4n) is 2.19. The number of rotatable bonds is 8. The quantitative estimate of drug-likeness (QED) is 0.650. The SMILES string of the molecule is CNS(=O)(=O)c1ccc(C(=O)NC(CCC(=O)O)c2ccccc2)o1. The van der Waals surface area contributed by atoms with Crippen LogP contribution in [0.5, 0.6) is 0 Å². The van der Waals surface area contributed by atoms with E-state index in [4.69, 9.17) is 9.52 Å². The summed E-state index contributed by atoms with van der Waals surface area (Å²) in [7, 11) is -2.56. The summed E-state index contributed by atoms with van der Waals surface area (Å²) in [6, 6.07) is 10.8. The number of carbonyl (C=O) groups is 2. The Hall–Kier alpha value is -2.65. The van der Waals surface area contributed by atoms with Gasteiger partial charge in [-0.05, 0) is 31.2 Å². The van der Waals surface area contributed by atoms with E-state index in [1.165, 1.54) is 19.2 Å². The Morgan fingerprint density at radius 3 is 2.44 bits per heavy atom. The lowest BCUT2D eigenvalue weighted by Gasteiger charge is -2.17. The lowest BCUT2D eigenvalue weighted by molar-refractivity contribution is -0.137. The Labute approximate surface area is 144 Å². The fourth-order valence-corrected chi connectivity index (χ4v) is 2.84. The van der Waals surface area contributed by atoms with E-state index in [0.29, 0.717) is 0 Å². The highest BCUT2D eigenvalue weighted by Crippen LogP contribution is 2.20. The number of carbonyl (C=O) groups excluding carboxylic acids is 1. The molecule has 1 amide bonds. The molecule has 0 saturated heterocycles. The molecule has 2 rings (SSSR count). The van der Waals surface area contributed by atoms with Crippen molar-refractivity contribution >= 4 is 21.9 Å². The molecule has 0 aliphatic heterocycles. The van der Waals surface area contributed by atoms with E-state index in [-0.39, 0.29) is 23.7 Å². The summed E-state index contributed by atoms with van der Waals surface area (Å²) in [5, 5.41) is 11.2. The molecule has 0 saturated carbocycles. The molecule has 1 unspecified atom stereocenters. The van der Waals surface area contributed by atoms with Crippen LogP contribution in [0.3, 0.4) is 0 Å². The van der Waals surface area contributed by atoms with E-state index in [1.54, 1.807) is 30.3 Å². The third-order valence-electron chi connectivity index (χ3n) is 3.49. The molecule has 0 spiro atoms. The van der Waals surface area contributed by atoms with Gasteiger partial charge in [-0.3, -0.25) is 9.59 Å². The maximum atomic E-state index is 12.3. The summed E-state index contributed by atoms with van der Waals surface area (Å²) >= 11 is 0. The van der Waals surface area contributed by atoms with E-state index in [1.807, 2.05) is 0 Å². The van der Waals surface area contributed by atoms with Crippen LogP contribution in [0.15, 0.2) is 52.0 Å². The molecule has 0 aliphatic rings. The van der Waals surface area contributed by atoms with Crippen molar-refractivity contribution in [3.05, 3.63) is 53.8 Å². The first-order chi connectivity index (χ1) is 11.8. The molecule has 134 valence electrons. The molecular weight excluding hydrogens is 348 g/mol. The molecule has 1 heterocycles. The van der Waals surface area contributed by atoms with Crippen molar-refractivity contribution in [1.29, 1.82) is 0 Å². The van der Waals surface area contributed by atoms with Crippen molar-refractivity contribution in [3.63, 3.8) is 0 Å². The molecule has 1 aromatic carbocycles. The molecule has 3 N–H and O–H groups in total. The van der Waals surface area contributed by atoms with E-state index < -0.39 is 27.9 Å². The van der Waals surface area contributed by atoms with Gasteiger partial charge in [-0.1, -0.05) is 30.3 Å². The lowest BCUT2D eigenvalue weighted by Crippen LogP contribution is -2.28. The third kappa shape index (κ3) is 4.91. The topological polar surface area (TPSA) is 126 Å². The van der Waals surface area contributed by atoms with Crippen LogP contribution in [-0.2, 0) is 14.8 Å². The van der Waals surface area contributed by atoms with Gasteiger partial charge in [-0.2, -0.15) is 0 Å². The van der Waals surface area contributed by atoms with Gasteiger partial charge in [-0.15, -0.1) is 0 Å². The van der Waals surface area contributed by atoms with Gasteiger partial charge in [0.15, 0.2) is 5.76 Å². The zero-order valence-electron chi connectivity index (χ0n) is 13.4. The number of hydrogen-bond donors (Lipinski definition) is 3. The Morgan fingerprint density at radius 2 is 1.84 bits per heavy atom. The second-order valence-corrected chi connectivity index (χ2v) is 7.01. The van der Waals surface area contributed by atoms with Gasteiger partial charge in [0, 0.05) is 6.42 Å². The van der Waals surface area contributed by atoms with E-state index in [2.05, 4.69) is 10.0 Å². The number of carboxylic acids is 1. The molecular formula is C16H18N2O6S. The molecule has 0 fully saturated rings. The highest BCUT2D eigenvalue weighted by atomic mass is 32.2. The van der Waals surface area contributed by atoms with Crippen LogP contribution in [0.4, 0.5) is 0 Å². The minimum Gasteiger partial charge on any atom is -0.481 e. The summed E-state index contributed by atoms with van der Waals surface area (Å²) in [6.07, 6.45) is 0.0604. The van der Waals surface area contributed by atoms with Gasteiger partial charge in [-0.25, -0.2) is 13.1 Å². The largest absolute Gasteiger partial charge is 0.481 e. The smallest absolute Gasteiger partial charge is 0.303 e. The van der Waals surface area contributed by atoms with Gasteiger partial charge in [0.05, 0.1) is 6.04 Å². The molecule has 1 aromatic heterocycles. The predicted octanol–water partition coefficient (Wildman–Crippen LogP) is 1.52. The minimum atomic E-state index is -3.79. The standard InChI is InChI=1S/C16H18N2O6S/c1-17-25(22,23)15-10-8-13(24-15)16(21)18-12(7-9-14(19)20)11-5-3-2-4-6-11/h2-6,8,10,12,17H,7,9H2,1H3,(H,18,21)(H,19,20). The first-order valence-corrected chi connectivity index (χ1v) is 8.93. The summed E-state index contributed by atoms with van der Waals surface area (Å²) in [4.78, 5) is 23.2. The highest BCUT2D eigenvalue weighted by molar-refractivity contribution is 7.89. The maximum absolute atomic E-state index is 12.3. The molecule has 0 aliphatic carbocycles. The molecule has 25 heavy (non-hydrogen) atoms. The van der Waals surface area contributed by atoms with Crippen molar-refractivity contribution in [2.24, 2.45) is 0 Å². The molecule has 8 nitrogen and oxygen atoms in total. The van der Waals surface area contributed by atoms with Crippen molar-refractivity contribution in [1.82, 2.24) is 10.0 Å². The predicted molar refractivity (Wildman–Crippen MR) is 88.5 cm³/mol. The summed E-state index contributed by atoms with van der Waals surface area (Å²) in [6.45, 7) is 0. The lowest BCUT2D eigenvalue weighted by atomic mass is 10.0. The van der Waals surface area contributed by atoms with Crippen LogP contribution in [0.25, 0.3) is 0 Å². The minimum absolute atomic E-state index is 0.128. The number of aliphatic carboxylic acids is 1. The second kappa shape index (κ2) is 7.95.